The van der Waals surface area contributed by atoms with Gasteiger partial charge in [-0.3, -0.25) is 9.69 Å². The average Bonchev–Trinajstić information content (AvgIpc) is 3.32. The minimum absolute atomic E-state index is 0.0263. The summed E-state index contributed by atoms with van der Waals surface area (Å²) in [4.78, 5) is 21.5. The first-order valence-corrected chi connectivity index (χ1v) is 13.6. The first-order valence-electron chi connectivity index (χ1n) is 13.1. The Morgan fingerprint density at radius 1 is 0.692 bits per heavy atom. The van der Waals surface area contributed by atoms with Crippen LogP contribution >= 0.6 is 12.2 Å². The molecule has 0 unspecified atom stereocenters. The normalized spacial score (nSPS) is 17.2. The summed E-state index contributed by atoms with van der Waals surface area (Å²) in [5.74, 6) is 0.705. The van der Waals surface area contributed by atoms with Crippen LogP contribution in [-0.4, -0.2) is 23.7 Å². The lowest BCUT2D eigenvalue weighted by molar-refractivity contribution is -0.125. The van der Waals surface area contributed by atoms with Crippen LogP contribution in [0.25, 0.3) is 0 Å². The van der Waals surface area contributed by atoms with Gasteiger partial charge in [0.15, 0.2) is 5.66 Å². The molecule has 196 valence electrons. The number of hydrogen-bond donors (Lipinski definition) is 0. The van der Waals surface area contributed by atoms with Crippen molar-refractivity contribution in [2.24, 2.45) is 5.41 Å². The van der Waals surface area contributed by atoms with E-state index in [0.29, 0.717) is 18.1 Å². The van der Waals surface area contributed by atoms with E-state index < -0.39 is 11.1 Å². The van der Waals surface area contributed by atoms with Gasteiger partial charge in [0.05, 0.1) is 23.9 Å². The number of hydrogen-bond acceptors (Lipinski definition) is 5. The molecule has 2 aliphatic heterocycles. The number of methoxy groups -OCH3 is 1. The third-order valence-electron chi connectivity index (χ3n) is 8.05. The van der Waals surface area contributed by atoms with Gasteiger partial charge in [0, 0.05) is 18.8 Å². The molecule has 1 saturated heterocycles. The molecule has 1 amide bonds. The molecular formula is C33H31N3O2S. The number of anilines is 3. The molecule has 5 nitrogen and oxygen atoms in total. The molecule has 1 fully saturated rings. The monoisotopic (exact) mass is 533 g/mol. The van der Waals surface area contributed by atoms with Gasteiger partial charge in [-0.25, -0.2) is 0 Å². The summed E-state index contributed by atoms with van der Waals surface area (Å²) >= 11 is 6.41. The fraction of sp³-hybridized carbons (Fsp3) is 0.212. The summed E-state index contributed by atoms with van der Waals surface area (Å²) in [6, 6.07) is 36.7. The molecule has 1 spiro atoms. The summed E-state index contributed by atoms with van der Waals surface area (Å²) in [5.41, 5.74) is 3.38. The Morgan fingerprint density at radius 3 is 1.62 bits per heavy atom. The molecule has 0 aliphatic carbocycles. The van der Waals surface area contributed by atoms with Crippen molar-refractivity contribution in [1.82, 2.24) is 0 Å². The molecule has 0 atom stereocenters. The van der Waals surface area contributed by atoms with E-state index in [1.54, 1.807) is 12.0 Å². The number of benzene rings is 4. The Hall–Kier alpha value is -4.16. The van der Waals surface area contributed by atoms with Crippen molar-refractivity contribution in [1.29, 1.82) is 0 Å². The third kappa shape index (κ3) is 3.73. The van der Waals surface area contributed by atoms with Crippen LogP contribution in [0, 0.1) is 5.41 Å². The second kappa shape index (κ2) is 9.54. The fourth-order valence-electron chi connectivity index (χ4n) is 6.16. The number of carbonyl (C=O) groups is 1. The Kier molecular flexibility index (Phi) is 6.15. The van der Waals surface area contributed by atoms with Gasteiger partial charge in [-0.1, -0.05) is 85.0 Å². The van der Waals surface area contributed by atoms with E-state index >= 15 is 0 Å². The van der Waals surface area contributed by atoms with Crippen LogP contribution in [0.2, 0.25) is 0 Å². The van der Waals surface area contributed by atoms with E-state index in [1.807, 2.05) is 50.2 Å². The van der Waals surface area contributed by atoms with Crippen molar-refractivity contribution in [3.05, 3.63) is 120 Å². The summed E-state index contributed by atoms with van der Waals surface area (Å²) < 4.78 is 5.38. The highest BCUT2D eigenvalue weighted by Crippen LogP contribution is 2.58. The van der Waals surface area contributed by atoms with Crippen LogP contribution in [0.4, 0.5) is 17.1 Å². The Morgan fingerprint density at radius 2 is 1.15 bits per heavy atom. The second-order valence-corrected chi connectivity index (χ2v) is 11.0. The molecule has 4 aromatic rings. The number of fused-ring (bicyclic) bond motifs is 1. The average molecular weight is 534 g/mol. The highest BCUT2D eigenvalue weighted by atomic mass is 32.1. The molecule has 2 aliphatic rings. The number of rotatable bonds is 6. The van der Waals surface area contributed by atoms with Crippen molar-refractivity contribution in [3.8, 4) is 5.75 Å². The lowest BCUT2D eigenvalue weighted by Crippen LogP contribution is -2.67. The molecule has 6 rings (SSSR count). The summed E-state index contributed by atoms with van der Waals surface area (Å²) in [6.45, 7) is 5.28. The predicted molar refractivity (Wildman–Crippen MR) is 161 cm³/mol. The van der Waals surface area contributed by atoms with Crippen LogP contribution in [0.5, 0.6) is 5.75 Å². The molecule has 0 radical (unpaired) electrons. The summed E-state index contributed by atoms with van der Waals surface area (Å²) in [6.07, 6.45) is 0. The van der Waals surface area contributed by atoms with Gasteiger partial charge in [-0.2, -0.15) is 0 Å². The predicted octanol–water partition coefficient (Wildman–Crippen LogP) is 6.82. The number of ether oxygens (including phenoxy) is 1. The van der Waals surface area contributed by atoms with E-state index in [1.165, 1.54) is 0 Å². The lowest BCUT2D eigenvalue weighted by atomic mass is 9.78. The maximum Gasteiger partial charge on any atom is 0.242 e. The maximum absolute atomic E-state index is 14.5. The standard InChI is InChI=1S/C33H31N3O2S/c1-32(2)30(37)36(26-18-20-27(38-3)21-19-26)31(39)33(32)34(22-24-12-6-4-7-13-24)28-16-10-11-17-29(28)35(33)23-25-14-8-5-9-15-25/h4-21H,22-23H2,1-3H3. The van der Waals surface area contributed by atoms with Crippen LogP contribution in [0.15, 0.2) is 109 Å². The van der Waals surface area contributed by atoms with Crippen LogP contribution in [0.3, 0.4) is 0 Å². The molecule has 0 saturated carbocycles. The number of thiocarbonyl (C=S) groups is 1. The van der Waals surface area contributed by atoms with Crippen molar-refractivity contribution in [2.75, 3.05) is 21.8 Å². The Labute approximate surface area is 235 Å². The zero-order chi connectivity index (χ0) is 27.2. The maximum atomic E-state index is 14.5. The molecular weight excluding hydrogens is 502 g/mol. The van der Waals surface area contributed by atoms with E-state index in [-0.39, 0.29) is 5.91 Å². The first kappa shape index (κ1) is 25.1. The van der Waals surface area contributed by atoms with Crippen LogP contribution < -0.4 is 19.4 Å². The second-order valence-electron chi connectivity index (χ2n) is 10.6. The van der Waals surface area contributed by atoms with Gasteiger partial charge in [0.1, 0.15) is 10.7 Å². The van der Waals surface area contributed by atoms with Gasteiger partial charge < -0.3 is 14.5 Å². The molecule has 2 heterocycles. The summed E-state index contributed by atoms with van der Waals surface area (Å²) in [5, 5.41) is 0. The minimum Gasteiger partial charge on any atom is -0.497 e. The van der Waals surface area contributed by atoms with Gasteiger partial charge >= 0.3 is 0 Å². The topological polar surface area (TPSA) is 36.0 Å². The van der Waals surface area contributed by atoms with Crippen molar-refractivity contribution in [3.63, 3.8) is 0 Å². The minimum atomic E-state index is -0.922. The largest absolute Gasteiger partial charge is 0.497 e. The Bertz CT molecular complexity index is 1450. The molecule has 39 heavy (non-hydrogen) atoms. The number of para-hydroxylation sites is 2. The lowest BCUT2D eigenvalue weighted by Gasteiger charge is -2.49. The van der Waals surface area contributed by atoms with E-state index in [9.17, 15) is 4.79 Å². The van der Waals surface area contributed by atoms with Gasteiger partial charge in [-0.15, -0.1) is 0 Å². The smallest absolute Gasteiger partial charge is 0.242 e. The molecule has 6 heteroatoms. The van der Waals surface area contributed by atoms with Gasteiger partial charge in [0.25, 0.3) is 0 Å². The Balaban J connectivity index is 1.57. The SMILES string of the molecule is COc1ccc(N2C(=O)C(C)(C)C3(C2=S)N(Cc2ccccc2)c2ccccc2N3Cc2ccccc2)cc1. The van der Waals surface area contributed by atoms with Crippen LogP contribution in [-0.2, 0) is 17.9 Å². The zero-order valence-corrected chi connectivity index (χ0v) is 23.2. The highest BCUT2D eigenvalue weighted by Gasteiger charge is 2.71. The molecule has 0 bridgehead atoms. The van der Waals surface area contributed by atoms with E-state index in [4.69, 9.17) is 17.0 Å². The van der Waals surface area contributed by atoms with Crippen LogP contribution in [0.1, 0.15) is 25.0 Å². The quantitative estimate of drug-likeness (QED) is 0.254. The van der Waals surface area contributed by atoms with Gasteiger partial charge in [0.2, 0.25) is 5.91 Å². The summed E-state index contributed by atoms with van der Waals surface area (Å²) in [7, 11) is 1.64. The fourth-order valence-corrected chi connectivity index (χ4v) is 6.83. The molecule has 0 aromatic heterocycles. The number of carbonyl (C=O) groups excluding carboxylic acids is 1. The van der Waals surface area contributed by atoms with Gasteiger partial charge in [-0.05, 0) is 61.4 Å². The number of nitrogens with zero attached hydrogens (tertiary/aromatic N) is 3. The van der Waals surface area contributed by atoms with Crippen molar-refractivity contribution in [2.45, 2.75) is 32.6 Å². The van der Waals surface area contributed by atoms with Crippen molar-refractivity contribution >= 4 is 40.2 Å². The number of amides is 1. The van der Waals surface area contributed by atoms with E-state index in [0.717, 1.165) is 33.9 Å². The highest BCUT2D eigenvalue weighted by molar-refractivity contribution is 7.81. The van der Waals surface area contributed by atoms with E-state index in [2.05, 4.69) is 82.6 Å². The third-order valence-corrected chi connectivity index (χ3v) is 8.52. The molecule has 0 N–H and O–H groups in total. The van der Waals surface area contributed by atoms with Crippen molar-refractivity contribution < 1.29 is 9.53 Å². The zero-order valence-electron chi connectivity index (χ0n) is 22.4. The first-order chi connectivity index (χ1) is 18.9. The molecule has 4 aromatic carbocycles.